The first kappa shape index (κ1) is 10.7. The van der Waals surface area contributed by atoms with Gasteiger partial charge in [-0.25, -0.2) is 14.7 Å². The van der Waals surface area contributed by atoms with Crippen molar-refractivity contribution >= 4 is 28.4 Å². The molecule has 0 unspecified atom stereocenters. The number of nitrogens with zero attached hydrogens (tertiary/aromatic N) is 3. The van der Waals surface area contributed by atoms with Gasteiger partial charge in [0.25, 0.3) is 5.91 Å². The molecule has 0 aromatic carbocycles. The predicted molar refractivity (Wildman–Crippen MR) is 63.9 cm³/mol. The zero-order valence-corrected chi connectivity index (χ0v) is 10.3. The summed E-state index contributed by atoms with van der Waals surface area (Å²) < 4.78 is 0. The summed E-state index contributed by atoms with van der Waals surface area (Å²) in [6.07, 6.45) is 3.36. The molecule has 0 bridgehead atoms. The average molecular weight is 251 g/mol. The quantitative estimate of drug-likeness (QED) is 0.714. The first-order valence-electron chi connectivity index (χ1n) is 5.72. The molecule has 1 aromatic rings. The van der Waals surface area contributed by atoms with E-state index in [0.29, 0.717) is 17.6 Å². The number of amides is 3. The van der Waals surface area contributed by atoms with Gasteiger partial charge in [0.05, 0.1) is 0 Å². The van der Waals surface area contributed by atoms with E-state index in [4.69, 9.17) is 0 Å². The van der Waals surface area contributed by atoms with Gasteiger partial charge in [-0.3, -0.25) is 4.79 Å². The highest BCUT2D eigenvalue weighted by Crippen LogP contribution is 2.33. The second-order valence-corrected chi connectivity index (χ2v) is 5.48. The smallest absolute Gasteiger partial charge is 0.312 e. The highest BCUT2D eigenvalue weighted by molar-refractivity contribution is 7.14. The molecule has 2 saturated heterocycles. The van der Waals surface area contributed by atoms with E-state index < -0.39 is 0 Å². The van der Waals surface area contributed by atoms with Crippen molar-refractivity contribution in [1.29, 1.82) is 0 Å². The minimum absolute atomic E-state index is 0.114. The first-order chi connectivity index (χ1) is 8.18. The third-order valence-corrected chi connectivity index (χ3v) is 4.17. The van der Waals surface area contributed by atoms with Crippen LogP contribution < -0.4 is 4.90 Å². The zero-order chi connectivity index (χ0) is 12.0. The van der Waals surface area contributed by atoms with Crippen LogP contribution >= 0.6 is 11.3 Å². The Balaban J connectivity index is 1.93. The maximum absolute atomic E-state index is 12.2. The number of piperidine rings is 1. The Kier molecular flexibility index (Phi) is 2.39. The molecule has 3 rings (SSSR count). The third kappa shape index (κ3) is 1.55. The molecule has 2 aliphatic heterocycles. The summed E-state index contributed by atoms with van der Waals surface area (Å²) in [4.78, 5) is 31.3. The molecule has 0 aliphatic carbocycles. The van der Waals surface area contributed by atoms with Gasteiger partial charge in [0.2, 0.25) is 5.13 Å². The van der Waals surface area contributed by atoms with Crippen LogP contribution in [0.4, 0.5) is 9.93 Å². The van der Waals surface area contributed by atoms with Crippen LogP contribution in [0.3, 0.4) is 0 Å². The van der Waals surface area contributed by atoms with Crippen LogP contribution in [0.1, 0.15) is 19.8 Å². The minimum Gasteiger partial charge on any atom is -0.312 e. The molecule has 5 nitrogen and oxygen atoms in total. The summed E-state index contributed by atoms with van der Waals surface area (Å²) in [5, 5.41) is 2.26. The molecule has 0 radical (unpaired) electrons. The lowest BCUT2D eigenvalue weighted by Crippen LogP contribution is -2.41. The van der Waals surface area contributed by atoms with Crippen LogP contribution in [-0.4, -0.2) is 34.4 Å². The number of aromatic nitrogens is 1. The van der Waals surface area contributed by atoms with Gasteiger partial charge < -0.3 is 4.90 Å². The molecule has 0 saturated carbocycles. The fourth-order valence-corrected chi connectivity index (χ4v) is 3.12. The largest absolute Gasteiger partial charge is 0.333 e. The SMILES string of the molecule is C[C@H]1CCN2C(=O)N(c3nccs3)C(=O)[C@H]2C1. The normalized spacial score (nSPS) is 28.8. The molecule has 2 atom stereocenters. The molecular formula is C11H13N3O2S. The summed E-state index contributed by atoms with van der Waals surface area (Å²) >= 11 is 1.32. The molecule has 0 spiro atoms. The van der Waals surface area contributed by atoms with E-state index in [9.17, 15) is 9.59 Å². The number of carbonyl (C=O) groups is 2. The van der Waals surface area contributed by atoms with Gasteiger partial charge in [-0.2, -0.15) is 0 Å². The Labute approximate surface area is 103 Å². The van der Waals surface area contributed by atoms with Crippen molar-refractivity contribution in [3.63, 3.8) is 0 Å². The van der Waals surface area contributed by atoms with Crippen molar-refractivity contribution < 1.29 is 9.59 Å². The fraction of sp³-hybridized carbons (Fsp3) is 0.545. The molecule has 1 aromatic heterocycles. The summed E-state index contributed by atoms with van der Waals surface area (Å²) in [7, 11) is 0. The highest BCUT2D eigenvalue weighted by Gasteiger charge is 2.48. The van der Waals surface area contributed by atoms with Crippen LogP contribution in [0.5, 0.6) is 0 Å². The molecule has 90 valence electrons. The lowest BCUT2D eigenvalue weighted by atomic mass is 9.93. The van der Waals surface area contributed by atoms with E-state index in [1.165, 1.54) is 16.2 Å². The Morgan fingerprint density at radius 3 is 3.00 bits per heavy atom. The predicted octanol–water partition coefficient (Wildman–Crippen LogP) is 1.71. The summed E-state index contributed by atoms with van der Waals surface area (Å²) in [6.45, 7) is 2.80. The second-order valence-electron chi connectivity index (χ2n) is 4.61. The molecule has 6 heteroatoms. The Bertz CT molecular complexity index is 459. The number of anilines is 1. The van der Waals surface area contributed by atoms with Gasteiger partial charge in [0.15, 0.2) is 0 Å². The second kappa shape index (κ2) is 3.80. The molecule has 3 heterocycles. The number of hydrogen-bond acceptors (Lipinski definition) is 4. The summed E-state index contributed by atoms with van der Waals surface area (Å²) in [5.74, 6) is 0.390. The lowest BCUT2D eigenvalue weighted by molar-refractivity contribution is -0.120. The maximum Gasteiger partial charge on any atom is 0.333 e. The lowest BCUT2D eigenvalue weighted by Gasteiger charge is -2.30. The number of urea groups is 1. The summed E-state index contributed by atoms with van der Waals surface area (Å²) in [5.41, 5.74) is 0. The van der Waals surface area contributed by atoms with Crippen molar-refractivity contribution in [2.24, 2.45) is 5.92 Å². The van der Waals surface area contributed by atoms with Gasteiger partial charge >= 0.3 is 6.03 Å². The highest BCUT2D eigenvalue weighted by atomic mass is 32.1. The standard InChI is InChI=1S/C11H13N3O2S/c1-7-2-4-13-8(6-7)9(15)14(11(13)16)10-12-3-5-17-10/h3,5,7-8H,2,4,6H2,1H3/t7-,8+/m0/s1. The molecule has 2 fully saturated rings. The number of imide groups is 1. The number of carbonyl (C=O) groups excluding carboxylic acids is 2. The molecule has 3 amide bonds. The maximum atomic E-state index is 12.2. The van der Waals surface area contributed by atoms with Gasteiger partial charge in [0.1, 0.15) is 6.04 Å². The number of fused-ring (bicyclic) bond motifs is 1. The number of hydrogen-bond donors (Lipinski definition) is 0. The van der Waals surface area contributed by atoms with Crippen molar-refractivity contribution in [1.82, 2.24) is 9.88 Å². The van der Waals surface area contributed by atoms with E-state index in [0.717, 1.165) is 12.8 Å². The van der Waals surface area contributed by atoms with Crippen LogP contribution in [0.15, 0.2) is 11.6 Å². The van der Waals surface area contributed by atoms with Crippen molar-refractivity contribution in [2.45, 2.75) is 25.8 Å². The van der Waals surface area contributed by atoms with Crippen LogP contribution in [0, 0.1) is 5.92 Å². The Morgan fingerprint density at radius 2 is 2.29 bits per heavy atom. The van der Waals surface area contributed by atoms with Gasteiger partial charge in [0, 0.05) is 18.1 Å². The van der Waals surface area contributed by atoms with Crippen LogP contribution in [0.2, 0.25) is 0 Å². The van der Waals surface area contributed by atoms with Crippen LogP contribution in [0.25, 0.3) is 0 Å². The Hall–Kier alpha value is -1.43. The van der Waals surface area contributed by atoms with Gasteiger partial charge in [-0.15, -0.1) is 11.3 Å². The minimum atomic E-state index is -0.268. The zero-order valence-electron chi connectivity index (χ0n) is 9.50. The topological polar surface area (TPSA) is 53.5 Å². The molecule has 0 N–H and O–H groups in total. The van der Waals surface area contributed by atoms with Crippen molar-refractivity contribution in [3.8, 4) is 0 Å². The summed E-state index contributed by atoms with van der Waals surface area (Å²) in [6, 6.07) is -0.475. The fourth-order valence-electron chi connectivity index (χ4n) is 2.48. The van der Waals surface area contributed by atoms with E-state index >= 15 is 0 Å². The van der Waals surface area contributed by atoms with E-state index in [2.05, 4.69) is 11.9 Å². The van der Waals surface area contributed by atoms with Gasteiger partial charge in [-0.1, -0.05) is 6.92 Å². The van der Waals surface area contributed by atoms with E-state index in [-0.39, 0.29) is 18.0 Å². The first-order valence-corrected chi connectivity index (χ1v) is 6.60. The number of thiazole rings is 1. The third-order valence-electron chi connectivity index (χ3n) is 3.42. The van der Waals surface area contributed by atoms with Crippen LogP contribution in [-0.2, 0) is 4.79 Å². The molecule has 17 heavy (non-hydrogen) atoms. The van der Waals surface area contributed by atoms with Crippen molar-refractivity contribution in [3.05, 3.63) is 11.6 Å². The number of rotatable bonds is 1. The molecular weight excluding hydrogens is 238 g/mol. The average Bonchev–Trinajstić information content (AvgIpc) is 2.88. The van der Waals surface area contributed by atoms with Gasteiger partial charge in [-0.05, 0) is 18.8 Å². The monoisotopic (exact) mass is 251 g/mol. The molecule has 2 aliphatic rings. The van der Waals surface area contributed by atoms with Crippen molar-refractivity contribution in [2.75, 3.05) is 11.4 Å². The van der Waals surface area contributed by atoms with E-state index in [1.54, 1.807) is 16.5 Å². The van der Waals surface area contributed by atoms with E-state index in [1.807, 2.05) is 0 Å². The Morgan fingerprint density at radius 1 is 1.47 bits per heavy atom.